The predicted molar refractivity (Wildman–Crippen MR) is 57.5 cm³/mol. The predicted octanol–water partition coefficient (Wildman–Crippen LogP) is 2.41. The first-order chi connectivity index (χ1) is 6.78. The maximum atomic E-state index is 12.1. The lowest BCUT2D eigenvalue weighted by molar-refractivity contribution is -0.137. The summed E-state index contributed by atoms with van der Waals surface area (Å²) >= 11 is 0. The van der Waals surface area contributed by atoms with Crippen molar-refractivity contribution in [1.82, 2.24) is 0 Å². The quantitative estimate of drug-likeness (QED) is 0.712. The average molecular weight is 210 g/mol. The van der Waals surface area contributed by atoms with Gasteiger partial charge in [-0.3, -0.25) is 4.79 Å². The zero-order valence-corrected chi connectivity index (χ0v) is 9.54. The molecular weight excluding hydrogens is 192 g/mol. The van der Waals surface area contributed by atoms with Gasteiger partial charge in [-0.25, -0.2) is 4.79 Å². The van der Waals surface area contributed by atoms with Gasteiger partial charge in [-0.2, -0.15) is 0 Å². The fourth-order valence-electron chi connectivity index (χ4n) is 2.31. The van der Waals surface area contributed by atoms with Crippen LogP contribution in [0.1, 0.15) is 40.0 Å². The van der Waals surface area contributed by atoms with E-state index in [1.165, 1.54) is 0 Å². The van der Waals surface area contributed by atoms with E-state index >= 15 is 0 Å². The summed E-state index contributed by atoms with van der Waals surface area (Å²) in [6.45, 7) is 5.69. The third-order valence-electron chi connectivity index (χ3n) is 3.23. The third kappa shape index (κ3) is 2.46. The first-order valence-electron chi connectivity index (χ1n) is 5.25. The molecule has 1 saturated carbocycles. The minimum Gasteiger partial charge on any atom is -0.478 e. The zero-order valence-electron chi connectivity index (χ0n) is 9.54. The van der Waals surface area contributed by atoms with Gasteiger partial charge < -0.3 is 5.11 Å². The second kappa shape index (κ2) is 3.80. The summed E-state index contributed by atoms with van der Waals surface area (Å²) in [6.07, 6.45) is 5.23. The van der Waals surface area contributed by atoms with Crippen LogP contribution in [-0.4, -0.2) is 16.9 Å². The molecule has 0 amide bonds. The molecule has 1 rings (SSSR count). The number of carbonyl (C=O) groups is 2. The normalized spacial score (nSPS) is 30.7. The number of allylic oxidation sites excluding steroid dienone is 1. The molecule has 0 bridgehead atoms. The molecule has 15 heavy (non-hydrogen) atoms. The van der Waals surface area contributed by atoms with Crippen LogP contribution in [-0.2, 0) is 9.59 Å². The van der Waals surface area contributed by atoms with Crippen LogP contribution in [0.4, 0.5) is 0 Å². The van der Waals surface area contributed by atoms with Gasteiger partial charge in [0.2, 0.25) is 0 Å². The van der Waals surface area contributed by atoms with E-state index in [1.807, 2.05) is 20.8 Å². The van der Waals surface area contributed by atoms with E-state index in [-0.39, 0.29) is 11.2 Å². The smallest absolute Gasteiger partial charge is 0.328 e. The van der Waals surface area contributed by atoms with Gasteiger partial charge in [0.1, 0.15) is 5.78 Å². The van der Waals surface area contributed by atoms with E-state index in [9.17, 15) is 9.59 Å². The lowest BCUT2D eigenvalue weighted by Gasteiger charge is -2.39. The van der Waals surface area contributed by atoms with Crippen molar-refractivity contribution in [2.45, 2.75) is 40.0 Å². The second-order valence-electron chi connectivity index (χ2n) is 5.16. The molecule has 0 aromatic heterocycles. The highest BCUT2D eigenvalue weighted by Crippen LogP contribution is 2.43. The molecule has 1 aliphatic carbocycles. The molecule has 3 nitrogen and oxygen atoms in total. The number of carbonyl (C=O) groups excluding carboxylic acids is 1. The Bertz CT molecular complexity index is 315. The molecule has 1 atom stereocenters. The molecule has 0 saturated heterocycles. The first-order valence-corrected chi connectivity index (χ1v) is 5.25. The highest BCUT2D eigenvalue weighted by Gasteiger charge is 2.43. The molecule has 1 unspecified atom stereocenters. The van der Waals surface area contributed by atoms with Crippen molar-refractivity contribution in [3.8, 4) is 0 Å². The average Bonchev–Trinajstić information content (AvgIpc) is 2.11. The molecular formula is C12H18O3. The fraction of sp³-hybridized carbons (Fsp3) is 0.667. The number of Topliss-reactive ketones (excluding diaryl/α,β-unsaturated/α-hetero) is 1. The Labute approximate surface area is 90.2 Å². The van der Waals surface area contributed by atoms with Crippen molar-refractivity contribution < 1.29 is 14.7 Å². The monoisotopic (exact) mass is 210 g/mol. The number of aliphatic carboxylic acids is 1. The van der Waals surface area contributed by atoms with Crippen LogP contribution in [0, 0.1) is 10.8 Å². The first kappa shape index (κ1) is 12.0. The number of hydrogen-bond acceptors (Lipinski definition) is 2. The maximum absolute atomic E-state index is 12.1. The van der Waals surface area contributed by atoms with E-state index in [4.69, 9.17) is 5.11 Å². The van der Waals surface area contributed by atoms with Gasteiger partial charge in [0.15, 0.2) is 0 Å². The molecule has 0 aromatic rings. The minimum absolute atomic E-state index is 0.152. The maximum Gasteiger partial charge on any atom is 0.328 e. The van der Waals surface area contributed by atoms with Crippen molar-refractivity contribution in [2.24, 2.45) is 10.8 Å². The Balaban J connectivity index is 2.93. The van der Waals surface area contributed by atoms with E-state index in [2.05, 4.69) is 0 Å². The van der Waals surface area contributed by atoms with Crippen molar-refractivity contribution in [2.75, 3.05) is 0 Å². The van der Waals surface area contributed by atoms with Crippen molar-refractivity contribution in [3.63, 3.8) is 0 Å². The number of rotatable bonds is 2. The van der Waals surface area contributed by atoms with Crippen molar-refractivity contribution in [1.29, 1.82) is 0 Å². The molecule has 0 spiro atoms. The molecule has 0 radical (unpaired) electrons. The summed E-state index contributed by atoms with van der Waals surface area (Å²) in [5, 5.41) is 8.58. The van der Waals surface area contributed by atoms with Gasteiger partial charge in [0.05, 0.1) is 0 Å². The summed E-state index contributed by atoms with van der Waals surface area (Å²) in [5.74, 6) is -0.842. The fourth-order valence-corrected chi connectivity index (χ4v) is 2.31. The van der Waals surface area contributed by atoms with Gasteiger partial charge in [-0.1, -0.05) is 26.3 Å². The van der Waals surface area contributed by atoms with Crippen LogP contribution in [0.5, 0.6) is 0 Å². The molecule has 1 N–H and O–H groups in total. The van der Waals surface area contributed by atoms with E-state index in [0.29, 0.717) is 0 Å². The van der Waals surface area contributed by atoms with Gasteiger partial charge in [0, 0.05) is 16.9 Å². The molecule has 1 aliphatic rings. The minimum atomic E-state index is -0.993. The molecule has 0 aromatic carbocycles. The highest BCUT2D eigenvalue weighted by molar-refractivity contribution is 5.93. The number of hydrogen-bond donors (Lipinski definition) is 1. The number of ketones is 1. The lowest BCUT2D eigenvalue weighted by atomic mass is 9.63. The zero-order chi connectivity index (χ0) is 11.7. The molecule has 0 aliphatic heterocycles. The van der Waals surface area contributed by atoms with Crippen LogP contribution >= 0.6 is 0 Å². The molecule has 84 valence electrons. The van der Waals surface area contributed by atoms with Crippen molar-refractivity contribution >= 4 is 11.8 Å². The van der Waals surface area contributed by atoms with Crippen molar-refractivity contribution in [3.05, 3.63) is 12.2 Å². The topological polar surface area (TPSA) is 54.4 Å². The number of carboxylic acid groups (broad SMARTS) is 1. The van der Waals surface area contributed by atoms with Crippen LogP contribution in [0.2, 0.25) is 0 Å². The lowest BCUT2D eigenvalue weighted by Crippen LogP contribution is -2.41. The largest absolute Gasteiger partial charge is 0.478 e. The van der Waals surface area contributed by atoms with E-state index in [0.717, 1.165) is 25.3 Å². The third-order valence-corrected chi connectivity index (χ3v) is 3.23. The van der Waals surface area contributed by atoms with Crippen LogP contribution < -0.4 is 0 Å². The van der Waals surface area contributed by atoms with E-state index in [1.54, 1.807) is 6.08 Å². The Hall–Kier alpha value is -1.12. The second-order valence-corrected chi connectivity index (χ2v) is 5.16. The van der Waals surface area contributed by atoms with Gasteiger partial charge in [-0.05, 0) is 19.8 Å². The SMILES string of the molecule is CC1(C)CCCC(C)(/C=C/C(=O)O)C1=O. The summed E-state index contributed by atoms with van der Waals surface area (Å²) in [5.41, 5.74) is -0.921. The van der Waals surface area contributed by atoms with Gasteiger partial charge in [0.25, 0.3) is 0 Å². The summed E-state index contributed by atoms with van der Waals surface area (Å²) in [4.78, 5) is 22.6. The van der Waals surface area contributed by atoms with Gasteiger partial charge >= 0.3 is 5.97 Å². The Morgan fingerprint density at radius 1 is 1.33 bits per heavy atom. The summed E-state index contributed by atoms with van der Waals surface area (Å²) < 4.78 is 0. The van der Waals surface area contributed by atoms with Crippen LogP contribution in [0.3, 0.4) is 0 Å². The Kier molecular flexibility index (Phi) is 3.03. The number of carboxylic acids is 1. The Morgan fingerprint density at radius 2 is 1.93 bits per heavy atom. The standard InChI is InChI=1S/C12H18O3/c1-11(2)6-4-7-12(3,10(11)15)8-5-9(13)14/h5,8H,4,6-7H2,1-3H3,(H,13,14)/b8-5+. The van der Waals surface area contributed by atoms with E-state index < -0.39 is 11.4 Å². The molecule has 1 fully saturated rings. The highest BCUT2D eigenvalue weighted by atomic mass is 16.4. The summed E-state index contributed by atoms with van der Waals surface area (Å²) in [6, 6.07) is 0. The van der Waals surface area contributed by atoms with Crippen LogP contribution in [0.25, 0.3) is 0 Å². The Morgan fingerprint density at radius 3 is 2.47 bits per heavy atom. The van der Waals surface area contributed by atoms with Gasteiger partial charge in [-0.15, -0.1) is 0 Å². The summed E-state index contributed by atoms with van der Waals surface area (Å²) in [7, 11) is 0. The molecule has 3 heteroatoms. The molecule has 0 heterocycles. The van der Waals surface area contributed by atoms with Crippen LogP contribution in [0.15, 0.2) is 12.2 Å².